The molecule has 0 saturated carbocycles. The lowest BCUT2D eigenvalue weighted by atomic mass is 9.59. The second kappa shape index (κ2) is 4.49. The topological polar surface area (TPSA) is 37.0 Å². The molecule has 5 heteroatoms. The van der Waals surface area contributed by atoms with Crippen molar-refractivity contribution < 1.29 is 4.74 Å². The Kier molecular flexibility index (Phi) is 3.20. The summed E-state index contributed by atoms with van der Waals surface area (Å²) in [5.41, 5.74) is 2.12. The predicted molar refractivity (Wildman–Crippen MR) is 71.9 cm³/mol. The summed E-state index contributed by atoms with van der Waals surface area (Å²) in [6, 6.07) is 5.87. The van der Waals surface area contributed by atoms with Crippen LogP contribution in [0.15, 0.2) is 24.4 Å². The fourth-order valence-electron chi connectivity index (χ4n) is 1.83. The Morgan fingerprint density at radius 2 is 2.18 bits per heavy atom. The van der Waals surface area contributed by atoms with E-state index in [0.29, 0.717) is 6.42 Å². The Balaban J connectivity index is 2.41. The van der Waals surface area contributed by atoms with Gasteiger partial charge in [-0.2, -0.15) is 0 Å². The van der Waals surface area contributed by atoms with Crippen molar-refractivity contribution in [2.24, 2.45) is 0 Å². The Hall–Kier alpha value is -1.35. The number of ether oxygens (including phenoxy) is 1. The number of fused-ring (bicyclic) bond motifs is 1. The van der Waals surface area contributed by atoms with E-state index in [9.17, 15) is 0 Å². The first kappa shape index (κ1) is 12.1. The number of aromatic amines is 1. The smallest absolute Gasteiger partial charge is 0.119 e. The van der Waals surface area contributed by atoms with Gasteiger partial charge >= 0.3 is 0 Å². The van der Waals surface area contributed by atoms with E-state index in [2.05, 4.69) is 10.3 Å². The maximum atomic E-state index is 5.89. The molecule has 3 nitrogen and oxygen atoms in total. The minimum absolute atomic E-state index is 0.538. The van der Waals surface area contributed by atoms with Gasteiger partial charge in [-0.1, -0.05) is 5.34 Å². The Labute approximate surface area is 104 Å². The average Bonchev–Trinajstić information content (AvgIpc) is 2.71. The number of hydrogen-bond acceptors (Lipinski definition) is 2. The van der Waals surface area contributed by atoms with Crippen molar-refractivity contribution in [2.75, 3.05) is 14.2 Å². The van der Waals surface area contributed by atoms with E-state index in [1.165, 1.54) is 0 Å². The van der Waals surface area contributed by atoms with E-state index < -0.39 is 5.34 Å². The molecule has 2 rings (SSSR count). The summed E-state index contributed by atoms with van der Waals surface area (Å²) < 4.78 is 5.21. The first-order valence-corrected chi connectivity index (χ1v) is 5.46. The molecule has 0 spiro atoms. The van der Waals surface area contributed by atoms with Gasteiger partial charge in [0.1, 0.15) is 5.75 Å². The summed E-state index contributed by atoms with van der Waals surface area (Å²) in [6.07, 6.45) is 2.46. The summed E-state index contributed by atoms with van der Waals surface area (Å²) in [7, 11) is 15.2. The van der Waals surface area contributed by atoms with Crippen molar-refractivity contribution in [3.8, 4) is 5.75 Å². The van der Waals surface area contributed by atoms with Gasteiger partial charge in [0, 0.05) is 17.1 Å². The Morgan fingerprint density at radius 1 is 1.41 bits per heavy atom. The normalized spacial score (nSPS) is 11.9. The van der Waals surface area contributed by atoms with Crippen molar-refractivity contribution in [1.82, 2.24) is 10.3 Å². The number of hydrogen-bond donors (Lipinski definition) is 2. The van der Waals surface area contributed by atoms with Gasteiger partial charge in [-0.05, 0) is 37.2 Å². The molecule has 0 aliphatic rings. The molecule has 4 radical (unpaired) electrons. The number of rotatable bonds is 4. The van der Waals surface area contributed by atoms with Gasteiger partial charge < -0.3 is 15.0 Å². The van der Waals surface area contributed by atoms with Crippen LogP contribution in [0.25, 0.3) is 10.9 Å². The lowest BCUT2D eigenvalue weighted by Crippen LogP contribution is -2.46. The lowest BCUT2D eigenvalue weighted by Gasteiger charge is -2.24. The van der Waals surface area contributed by atoms with Crippen molar-refractivity contribution in [2.45, 2.75) is 11.8 Å². The monoisotopic (exact) mass is 224 g/mol. The summed E-state index contributed by atoms with van der Waals surface area (Å²) in [4.78, 5) is 3.19. The van der Waals surface area contributed by atoms with Crippen LogP contribution in [0, 0.1) is 0 Å². The molecule has 84 valence electrons. The van der Waals surface area contributed by atoms with Gasteiger partial charge in [0.15, 0.2) is 0 Å². The molecule has 2 aromatic rings. The van der Waals surface area contributed by atoms with Crippen molar-refractivity contribution >= 4 is 26.6 Å². The lowest BCUT2D eigenvalue weighted by molar-refractivity contribution is 0.415. The molecule has 2 N–H and O–H groups in total. The van der Waals surface area contributed by atoms with E-state index >= 15 is 0 Å². The number of likely N-dealkylation sites (N-methyl/N-ethyl adjacent to an activating group) is 1. The molecule has 1 aromatic carbocycles. The third-order valence-electron chi connectivity index (χ3n) is 2.92. The van der Waals surface area contributed by atoms with E-state index in [1.807, 2.05) is 24.4 Å². The van der Waals surface area contributed by atoms with Crippen LogP contribution in [0.5, 0.6) is 5.75 Å². The second-order valence-electron chi connectivity index (χ2n) is 4.19. The summed E-state index contributed by atoms with van der Waals surface area (Å²) in [5.74, 6) is 0.822. The number of methoxy groups -OCH3 is 1. The zero-order valence-corrected chi connectivity index (χ0v) is 10.1. The fraction of sp³-hybridized carbons (Fsp3) is 0.333. The molecule has 17 heavy (non-hydrogen) atoms. The van der Waals surface area contributed by atoms with Crippen LogP contribution in [0.2, 0.25) is 0 Å². The van der Waals surface area contributed by atoms with Crippen molar-refractivity contribution in [1.29, 1.82) is 0 Å². The molecular weight excluding hydrogens is 210 g/mol. The molecule has 0 fully saturated rings. The van der Waals surface area contributed by atoms with Gasteiger partial charge in [0.05, 0.1) is 22.8 Å². The zero-order chi connectivity index (χ0) is 12.5. The number of H-pyrrole nitrogens is 1. The fourth-order valence-corrected chi connectivity index (χ4v) is 1.83. The quantitative estimate of drug-likeness (QED) is 0.757. The summed E-state index contributed by atoms with van der Waals surface area (Å²) >= 11 is 0. The van der Waals surface area contributed by atoms with Crippen LogP contribution in [-0.2, 0) is 6.42 Å². The second-order valence-corrected chi connectivity index (χ2v) is 4.19. The van der Waals surface area contributed by atoms with Gasteiger partial charge in [0.2, 0.25) is 0 Å². The number of aromatic nitrogens is 1. The molecule has 1 aromatic heterocycles. The van der Waals surface area contributed by atoms with Crippen molar-refractivity contribution in [3.63, 3.8) is 0 Å². The highest BCUT2D eigenvalue weighted by atomic mass is 16.5. The number of benzene rings is 1. The minimum atomic E-state index is -0.905. The van der Waals surface area contributed by atoms with Crippen molar-refractivity contribution in [3.05, 3.63) is 30.0 Å². The molecule has 1 heterocycles. The van der Waals surface area contributed by atoms with Crippen LogP contribution >= 0.6 is 0 Å². The highest BCUT2D eigenvalue weighted by molar-refractivity contribution is 6.40. The molecule has 0 saturated heterocycles. The van der Waals surface area contributed by atoms with Crippen LogP contribution in [-0.4, -0.2) is 40.2 Å². The van der Waals surface area contributed by atoms with E-state index in [1.54, 1.807) is 14.2 Å². The van der Waals surface area contributed by atoms with Crippen LogP contribution in [0.1, 0.15) is 5.56 Å². The molecule has 0 aliphatic heterocycles. The maximum absolute atomic E-state index is 5.89. The van der Waals surface area contributed by atoms with E-state index in [-0.39, 0.29) is 0 Å². The van der Waals surface area contributed by atoms with E-state index in [0.717, 1.165) is 22.2 Å². The predicted octanol–water partition coefficient (Wildman–Crippen LogP) is 0.929. The van der Waals surface area contributed by atoms with Crippen LogP contribution in [0.4, 0.5) is 0 Å². The third kappa shape index (κ3) is 2.50. The third-order valence-corrected chi connectivity index (χ3v) is 2.92. The first-order valence-electron chi connectivity index (χ1n) is 5.46. The summed E-state index contributed by atoms with van der Waals surface area (Å²) in [5, 5.41) is 3.06. The summed E-state index contributed by atoms with van der Waals surface area (Å²) in [6.45, 7) is 0. The van der Waals surface area contributed by atoms with Crippen LogP contribution in [0.3, 0.4) is 0 Å². The highest BCUT2D eigenvalue weighted by Crippen LogP contribution is 2.25. The Bertz CT molecular complexity index is 522. The molecule has 0 atom stereocenters. The van der Waals surface area contributed by atoms with E-state index in [4.69, 9.17) is 20.4 Å². The maximum Gasteiger partial charge on any atom is 0.119 e. The number of nitrogens with one attached hydrogen (secondary N) is 2. The van der Waals surface area contributed by atoms with Crippen LogP contribution < -0.4 is 10.1 Å². The molecule has 0 aliphatic carbocycles. The SMILES string of the molecule is [B]C([B])(Cc1c[nH]c2ccc(OC)cc12)NC. The van der Waals surface area contributed by atoms with Gasteiger partial charge in [-0.15, -0.1) is 0 Å². The molecule has 0 amide bonds. The first-order chi connectivity index (χ1) is 8.05. The molecular formula is C12H14B2N2O. The highest BCUT2D eigenvalue weighted by Gasteiger charge is 2.17. The molecule has 0 unspecified atom stereocenters. The average molecular weight is 224 g/mol. The standard InChI is InChI=1S/C12H14B2N2O/c1-15-12(13,14)6-8-7-16-11-4-3-9(17-2)5-10(8)11/h3-5,7,15-16H,6H2,1-2H3. The Morgan fingerprint density at radius 3 is 2.82 bits per heavy atom. The minimum Gasteiger partial charge on any atom is -0.497 e. The zero-order valence-electron chi connectivity index (χ0n) is 10.1. The van der Waals surface area contributed by atoms with Gasteiger partial charge in [-0.3, -0.25) is 0 Å². The van der Waals surface area contributed by atoms with Gasteiger partial charge in [0.25, 0.3) is 0 Å². The molecule has 0 bridgehead atoms. The largest absolute Gasteiger partial charge is 0.497 e. The van der Waals surface area contributed by atoms with Gasteiger partial charge in [-0.25, -0.2) is 0 Å².